The van der Waals surface area contributed by atoms with Gasteiger partial charge in [-0.3, -0.25) is 4.79 Å². The first kappa shape index (κ1) is 14.8. The summed E-state index contributed by atoms with van der Waals surface area (Å²) in [5.41, 5.74) is 2.80. The zero-order valence-electron chi connectivity index (χ0n) is 12.7. The second-order valence-electron chi connectivity index (χ2n) is 5.60. The van der Waals surface area contributed by atoms with E-state index >= 15 is 0 Å². The maximum absolute atomic E-state index is 12.6. The predicted octanol–water partition coefficient (Wildman–Crippen LogP) is 4.34. The minimum absolute atomic E-state index is 0.0124. The smallest absolute Gasteiger partial charge is 0.289 e. The Balaban J connectivity index is 1.68. The Labute approximate surface area is 142 Å². The average Bonchev–Trinajstić information content (AvgIpc) is 3.07. The molecule has 118 valence electrons. The number of carbonyl (C=O) groups is 1. The number of para-hydroxylation sites is 1. The van der Waals surface area contributed by atoms with Gasteiger partial charge in [-0.05, 0) is 19.4 Å². The summed E-state index contributed by atoms with van der Waals surface area (Å²) < 4.78 is 6.91. The lowest BCUT2D eigenvalue weighted by atomic mass is 10.1. The molecule has 0 N–H and O–H groups in total. The van der Waals surface area contributed by atoms with E-state index in [1.54, 1.807) is 23.1 Å². The van der Waals surface area contributed by atoms with Gasteiger partial charge < -0.3 is 9.32 Å². The third-order valence-electron chi connectivity index (χ3n) is 3.97. The van der Waals surface area contributed by atoms with Crippen LogP contribution in [0.4, 0.5) is 0 Å². The number of furan rings is 1. The van der Waals surface area contributed by atoms with Gasteiger partial charge in [-0.2, -0.15) is 0 Å². The van der Waals surface area contributed by atoms with E-state index in [1.807, 2.05) is 41.5 Å². The lowest BCUT2D eigenvalue weighted by Gasteiger charge is -2.30. The van der Waals surface area contributed by atoms with E-state index in [-0.39, 0.29) is 5.91 Å². The van der Waals surface area contributed by atoms with Crippen LogP contribution in [0.2, 0.25) is 0 Å². The molecule has 6 heteroatoms. The summed E-state index contributed by atoms with van der Waals surface area (Å²) >= 11 is 3.30. The second-order valence-corrected chi connectivity index (χ2v) is 7.68. The van der Waals surface area contributed by atoms with E-state index in [0.717, 1.165) is 46.1 Å². The highest BCUT2D eigenvalue weighted by Gasteiger charge is 2.28. The van der Waals surface area contributed by atoms with Crippen LogP contribution in [-0.4, -0.2) is 28.9 Å². The van der Waals surface area contributed by atoms with Crippen molar-refractivity contribution in [2.45, 2.75) is 23.4 Å². The molecule has 0 atom stereocenters. The van der Waals surface area contributed by atoms with Gasteiger partial charge in [-0.25, -0.2) is 4.98 Å². The Morgan fingerprint density at radius 1 is 1.39 bits per heavy atom. The summed E-state index contributed by atoms with van der Waals surface area (Å²) in [5, 5.41) is 3.07. The van der Waals surface area contributed by atoms with Crippen molar-refractivity contribution in [3.8, 4) is 0 Å². The minimum atomic E-state index is 0.0124. The van der Waals surface area contributed by atoms with E-state index in [4.69, 9.17) is 4.42 Å². The molecule has 1 aliphatic heterocycles. The largest absolute Gasteiger partial charge is 0.451 e. The number of hydrogen-bond donors (Lipinski definition) is 0. The van der Waals surface area contributed by atoms with Crippen molar-refractivity contribution in [1.29, 1.82) is 0 Å². The predicted molar refractivity (Wildman–Crippen MR) is 93.1 cm³/mol. The molecule has 2 aromatic heterocycles. The van der Waals surface area contributed by atoms with Crippen molar-refractivity contribution in [1.82, 2.24) is 9.88 Å². The lowest BCUT2D eigenvalue weighted by molar-refractivity contribution is 0.0620. The van der Waals surface area contributed by atoms with Gasteiger partial charge in [-0.15, -0.1) is 11.3 Å². The van der Waals surface area contributed by atoms with Crippen LogP contribution in [0, 0.1) is 6.92 Å². The molecule has 4 nitrogen and oxygen atoms in total. The number of benzene rings is 1. The van der Waals surface area contributed by atoms with Crippen LogP contribution in [-0.2, 0) is 5.75 Å². The molecule has 3 aromatic rings. The Kier molecular flexibility index (Phi) is 3.87. The molecular weight excluding hydrogens is 328 g/mol. The SMILES string of the molecule is Cc1csc(SCc2c(C(=O)N3CCC3)oc3ccccc23)n1. The minimum Gasteiger partial charge on any atom is -0.451 e. The Hall–Kier alpha value is -1.79. The van der Waals surface area contributed by atoms with Gasteiger partial charge in [0.1, 0.15) is 9.92 Å². The molecule has 23 heavy (non-hydrogen) atoms. The zero-order valence-corrected chi connectivity index (χ0v) is 14.4. The molecule has 1 saturated heterocycles. The van der Waals surface area contributed by atoms with Crippen LogP contribution in [0.25, 0.3) is 11.0 Å². The fourth-order valence-electron chi connectivity index (χ4n) is 2.61. The van der Waals surface area contributed by atoms with Crippen LogP contribution >= 0.6 is 23.1 Å². The maximum Gasteiger partial charge on any atom is 0.289 e. The summed E-state index contributed by atoms with van der Waals surface area (Å²) in [5.74, 6) is 1.20. The number of amides is 1. The summed E-state index contributed by atoms with van der Waals surface area (Å²) in [7, 11) is 0. The molecule has 1 amide bonds. The fraction of sp³-hybridized carbons (Fsp3) is 0.294. The first-order valence-corrected chi connectivity index (χ1v) is 9.43. The summed E-state index contributed by atoms with van der Waals surface area (Å²) in [6, 6.07) is 7.86. The van der Waals surface area contributed by atoms with E-state index in [1.165, 1.54) is 0 Å². The summed E-state index contributed by atoms with van der Waals surface area (Å²) in [6.07, 6.45) is 1.08. The number of carbonyl (C=O) groups excluding carboxylic acids is 1. The van der Waals surface area contributed by atoms with Gasteiger partial charge in [0.05, 0.1) is 0 Å². The van der Waals surface area contributed by atoms with Gasteiger partial charge in [-0.1, -0.05) is 30.0 Å². The van der Waals surface area contributed by atoms with Gasteiger partial charge in [0.2, 0.25) is 0 Å². The number of rotatable bonds is 4. The summed E-state index contributed by atoms with van der Waals surface area (Å²) in [4.78, 5) is 19.0. The first-order chi connectivity index (χ1) is 11.2. The molecule has 0 bridgehead atoms. The van der Waals surface area contributed by atoms with Crippen LogP contribution in [0.5, 0.6) is 0 Å². The van der Waals surface area contributed by atoms with Crippen molar-refractivity contribution in [3.63, 3.8) is 0 Å². The fourth-order valence-corrected chi connectivity index (χ4v) is 4.49. The Morgan fingerprint density at radius 2 is 2.22 bits per heavy atom. The number of aryl methyl sites for hydroxylation is 1. The monoisotopic (exact) mass is 344 g/mol. The third-order valence-corrected chi connectivity index (χ3v) is 6.14. The maximum atomic E-state index is 12.6. The zero-order chi connectivity index (χ0) is 15.8. The third kappa shape index (κ3) is 2.77. The Morgan fingerprint density at radius 3 is 2.91 bits per heavy atom. The second kappa shape index (κ2) is 6.02. The van der Waals surface area contributed by atoms with Crippen molar-refractivity contribution in [2.75, 3.05) is 13.1 Å². The number of likely N-dealkylation sites (tertiary alicyclic amines) is 1. The van der Waals surface area contributed by atoms with E-state index in [2.05, 4.69) is 4.98 Å². The van der Waals surface area contributed by atoms with E-state index in [9.17, 15) is 4.79 Å². The van der Waals surface area contributed by atoms with Gasteiger partial charge >= 0.3 is 0 Å². The molecule has 3 heterocycles. The summed E-state index contributed by atoms with van der Waals surface area (Å²) in [6.45, 7) is 3.65. The van der Waals surface area contributed by atoms with Crippen LogP contribution in [0.1, 0.15) is 28.2 Å². The molecular formula is C17H16N2O2S2. The van der Waals surface area contributed by atoms with Crippen molar-refractivity contribution >= 4 is 40.0 Å². The molecule has 1 aliphatic rings. The van der Waals surface area contributed by atoms with E-state index in [0.29, 0.717) is 11.5 Å². The van der Waals surface area contributed by atoms with Gasteiger partial charge in [0.25, 0.3) is 5.91 Å². The van der Waals surface area contributed by atoms with Crippen molar-refractivity contribution in [3.05, 3.63) is 46.7 Å². The normalized spacial score (nSPS) is 14.2. The number of aromatic nitrogens is 1. The van der Waals surface area contributed by atoms with Crippen molar-refractivity contribution in [2.24, 2.45) is 0 Å². The van der Waals surface area contributed by atoms with Crippen LogP contribution < -0.4 is 0 Å². The number of nitrogens with zero attached hydrogens (tertiary/aromatic N) is 2. The van der Waals surface area contributed by atoms with Crippen LogP contribution in [0.15, 0.2) is 38.4 Å². The first-order valence-electron chi connectivity index (χ1n) is 7.57. The lowest BCUT2D eigenvalue weighted by Crippen LogP contribution is -2.42. The van der Waals surface area contributed by atoms with Crippen LogP contribution in [0.3, 0.4) is 0 Å². The highest BCUT2D eigenvalue weighted by molar-refractivity contribution is 8.00. The Bertz CT molecular complexity index is 864. The molecule has 4 rings (SSSR count). The number of thiazole rings is 1. The molecule has 0 saturated carbocycles. The van der Waals surface area contributed by atoms with Crippen molar-refractivity contribution < 1.29 is 9.21 Å². The number of hydrogen-bond acceptors (Lipinski definition) is 5. The quantitative estimate of drug-likeness (QED) is 0.661. The molecule has 0 spiro atoms. The standard InChI is InChI=1S/C17H16N2O2S2/c1-11-9-22-17(18-11)23-10-13-12-5-2-3-6-14(12)21-15(13)16(20)19-7-4-8-19/h2-3,5-6,9H,4,7-8,10H2,1H3. The van der Waals surface area contributed by atoms with Gasteiger partial charge in [0, 0.05) is 40.9 Å². The molecule has 0 radical (unpaired) electrons. The molecule has 1 aromatic carbocycles. The highest BCUT2D eigenvalue weighted by atomic mass is 32.2. The number of fused-ring (bicyclic) bond motifs is 1. The number of thioether (sulfide) groups is 1. The average molecular weight is 344 g/mol. The molecule has 1 fully saturated rings. The van der Waals surface area contributed by atoms with E-state index < -0.39 is 0 Å². The molecule has 0 unspecified atom stereocenters. The highest BCUT2D eigenvalue weighted by Crippen LogP contribution is 2.34. The van der Waals surface area contributed by atoms with Gasteiger partial charge in [0.15, 0.2) is 5.76 Å². The molecule has 0 aliphatic carbocycles. The topological polar surface area (TPSA) is 46.3 Å².